The number of hydrogen-bond acceptors (Lipinski definition) is 3. The average Bonchev–Trinajstić information content (AvgIpc) is 2.34. The van der Waals surface area contributed by atoms with Gasteiger partial charge in [0.2, 0.25) is 0 Å². The third-order valence-electron chi connectivity index (χ3n) is 2.43. The first-order valence-corrected chi connectivity index (χ1v) is 5.54. The zero-order valence-electron chi connectivity index (χ0n) is 9.41. The van der Waals surface area contributed by atoms with E-state index in [-0.39, 0.29) is 0 Å². The summed E-state index contributed by atoms with van der Waals surface area (Å²) in [5.41, 5.74) is 8.12. The number of anilines is 3. The normalized spacial score (nSPS) is 10.0. The maximum Gasteiger partial charge on any atom is 0.143 e. The van der Waals surface area contributed by atoms with Gasteiger partial charge in [0, 0.05) is 0 Å². The van der Waals surface area contributed by atoms with Gasteiger partial charge in [0.05, 0.1) is 29.2 Å². The molecule has 3 N–H and O–H groups in total. The molecule has 0 aliphatic rings. The highest BCUT2D eigenvalue weighted by Gasteiger charge is 2.06. The summed E-state index contributed by atoms with van der Waals surface area (Å²) in [6.07, 6.45) is 0. The Balaban J connectivity index is 2.34. The topological polar surface area (TPSA) is 47.3 Å². The van der Waals surface area contributed by atoms with Crippen molar-refractivity contribution in [2.45, 2.75) is 0 Å². The molecule has 4 heteroatoms. The number of methoxy groups -OCH3 is 1. The maximum atomic E-state index is 6.07. The predicted molar refractivity (Wildman–Crippen MR) is 72.1 cm³/mol. The molecule has 0 atom stereocenters. The van der Waals surface area contributed by atoms with Gasteiger partial charge in [0.1, 0.15) is 5.75 Å². The lowest BCUT2D eigenvalue weighted by Crippen LogP contribution is -1.99. The second kappa shape index (κ2) is 4.97. The van der Waals surface area contributed by atoms with Crippen LogP contribution in [-0.2, 0) is 0 Å². The molecule has 0 aliphatic carbocycles. The molecule has 17 heavy (non-hydrogen) atoms. The van der Waals surface area contributed by atoms with Gasteiger partial charge in [-0.1, -0.05) is 29.8 Å². The molecule has 0 spiro atoms. The van der Waals surface area contributed by atoms with Crippen molar-refractivity contribution in [2.24, 2.45) is 0 Å². The summed E-state index contributed by atoms with van der Waals surface area (Å²) in [5, 5.41) is 3.83. The van der Waals surface area contributed by atoms with Crippen molar-refractivity contribution in [1.29, 1.82) is 0 Å². The van der Waals surface area contributed by atoms with Crippen LogP contribution in [0.2, 0.25) is 5.02 Å². The molecule has 3 nitrogen and oxygen atoms in total. The van der Waals surface area contributed by atoms with Gasteiger partial charge in [-0.05, 0) is 24.3 Å². The van der Waals surface area contributed by atoms with Crippen LogP contribution in [-0.4, -0.2) is 7.11 Å². The predicted octanol–water partition coefficient (Wildman–Crippen LogP) is 3.67. The molecule has 2 aromatic carbocycles. The van der Waals surface area contributed by atoms with Crippen molar-refractivity contribution in [3.8, 4) is 5.75 Å². The van der Waals surface area contributed by atoms with Crippen LogP contribution < -0.4 is 15.8 Å². The molecule has 0 unspecified atom stereocenters. The molecule has 0 heterocycles. The summed E-state index contributed by atoms with van der Waals surface area (Å²) < 4.78 is 5.16. The number of nitrogens with two attached hydrogens (primary N) is 1. The number of nitrogens with one attached hydrogen (secondary N) is 1. The largest absolute Gasteiger partial charge is 0.495 e. The number of halogens is 1. The van der Waals surface area contributed by atoms with E-state index in [2.05, 4.69) is 5.32 Å². The van der Waals surface area contributed by atoms with Crippen molar-refractivity contribution in [2.75, 3.05) is 18.2 Å². The van der Waals surface area contributed by atoms with Crippen LogP contribution >= 0.6 is 11.6 Å². The minimum atomic E-state index is 0.565. The van der Waals surface area contributed by atoms with Crippen LogP contribution in [0.15, 0.2) is 42.5 Å². The molecule has 0 amide bonds. The maximum absolute atomic E-state index is 6.07. The van der Waals surface area contributed by atoms with Crippen molar-refractivity contribution >= 4 is 28.7 Å². The van der Waals surface area contributed by atoms with E-state index in [9.17, 15) is 0 Å². The van der Waals surface area contributed by atoms with Gasteiger partial charge < -0.3 is 15.8 Å². The van der Waals surface area contributed by atoms with Gasteiger partial charge in [-0.15, -0.1) is 0 Å². The van der Waals surface area contributed by atoms with Gasteiger partial charge in [-0.3, -0.25) is 0 Å². The van der Waals surface area contributed by atoms with E-state index in [0.29, 0.717) is 16.5 Å². The fourth-order valence-electron chi connectivity index (χ4n) is 1.54. The molecule has 0 saturated carbocycles. The molecule has 2 rings (SSSR count). The number of ether oxygens (including phenoxy) is 1. The Morgan fingerprint density at radius 2 is 1.76 bits per heavy atom. The summed E-state index contributed by atoms with van der Waals surface area (Å²) in [6, 6.07) is 13.1. The van der Waals surface area contributed by atoms with Crippen LogP contribution in [0.25, 0.3) is 0 Å². The molecule has 0 saturated heterocycles. The summed E-state index contributed by atoms with van der Waals surface area (Å²) in [5.74, 6) is 0.641. The van der Waals surface area contributed by atoms with Gasteiger partial charge in [0.15, 0.2) is 0 Å². The molecular weight excluding hydrogens is 236 g/mol. The minimum Gasteiger partial charge on any atom is -0.495 e. The third-order valence-corrected chi connectivity index (χ3v) is 2.76. The smallest absolute Gasteiger partial charge is 0.143 e. The fourth-order valence-corrected chi connectivity index (χ4v) is 1.72. The Labute approximate surface area is 105 Å². The molecule has 0 fully saturated rings. The Morgan fingerprint density at radius 1 is 1.06 bits per heavy atom. The van der Waals surface area contributed by atoms with Crippen molar-refractivity contribution < 1.29 is 4.74 Å². The Bertz CT molecular complexity index is 529. The number of para-hydroxylation sites is 2. The van der Waals surface area contributed by atoms with Crippen LogP contribution in [0, 0.1) is 0 Å². The Hall–Kier alpha value is -1.87. The molecule has 88 valence electrons. The Kier molecular flexibility index (Phi) is 3.40. The molecule has 2 aromatic rings. The first-order chi connectivity index (χ1) is 8.22. The summed E-state index contributed by atoms with van der Waals surface area (Å²) in [7, 11) is 1.59. The molecule has 0 radical (unpaired) electrons. The van der Waals surface area contributed by atoms with E-state index in [4.69, 9.17) is 22.1 Å². The lowest BCUT2D eigenvalue weighted by Gasteiger charge is -2.12. The van der Waals surface area contributed by atoms with E-state index in [1.54, 1.807) is 7.11 Å². The summed E-state index contributed by atoms with van der Waals surface area (Å²) >= 11 is 6.07. The average molecular weight is 249 g/mol. The lowest BCUT2D eigenvalue weighted by atomic mass is 10.2. The second-order valence-corrected chi connectivity index (χ2v) is 3.93. The van der Waals surface area contributed by atoms with E-state index in [0.717, 1.165) is 11.4 Å². The third kappa shape index (κ3) is 2.45. The van der Waals surface area contributed by atoms with Gasteiger partial charge >= 0.3 is 0 Å². The van der Waals surface area contributed by atoms with Crippen LogP contribution in [0.1, 0.15) is 0 Å². The zero-order chi connectivity index (χ0) is 12.3. The SMILES string of the molecule is COc1cccc(Nc2ccccc2Cl)c1N. The first kappa shape index (κ1) is 11.6. The van der Waals surface area contributed by atoms with Crippen LogP contribution in [0.3, 0.4) is 0 Å². The second-order valence-electron chi connectivity index (χ2n) is 3.53. The number of nitrogen functional groups attached to an aromatic ring is 1. The molecule has 0 aromatic heterocycles. The number of benzene rings is 2. The highest BCUT2D eigenvalue weighted by molar-refractivity contribution is 6.33. The number of rotatable bonds is 3. The standard InChI is InChI=1S/C13H13ClN2O/c1-17-12-8-4-7-11(13(12)15)16-10-6-3-2-5-9(10)14/h2-8,16H,15H2,1H3. The lowest BCUT2D eigenvalue weighted by molar-refractivity contribution is 0.417. The summed E-state index contributed by atoms with van der Waals surface area (Å²) in [4.78, 5) is 0. The van der Waals surface area contributed by atoms with Crippen LogP contribution in [0.4, 0.5) is 17.1 Å². The Morgan fingerprint density at radius 3 is 2.47 bits per heavy atom. The highest BCUT2D eigenvalue weighted by Crippen LogP contribution is 2.33. The zero-order valence-corrected chi connectivity index (χ0v) is 10.2. The molecule has 0 bridgehead atoms. The van der Waals surface area contributed by atoms with Crippen LogP contribution in [0.5, 0.6) is 5.75 Å². The van der Waals surface area contributed by atoms with Gasteiger partial charge in [0.25, 0.3) is 0 Å². The first-order valence-electron chi connectivity index (χ1n) is 5.16. The van der Waals surface area contributed by atoms with E-state index in [1.165, 1.54) is 0 Å². The highest BCUT2D eigenvalue weighted by atomic mass is 35.5. The minimum absolute atomic E-state index is 0.565. The van der Waals surface area contributed by atoms with Crippen molar-refractivity contribution in [1.82, 2.24) is 0 Å². The van der Waals surface area contributed by atoms with E-state index >= 15 is 0 Å². The molecular formula is C13H13ClN2O. The van der Waals surface area contributed by atoms with Gasteiger partial charge in [-0.2, -0.15) is 0 Å². The van der Waals surface area contributed by atoms with Crippen molar-refractivity contribution in [3.63, 3.8) is 0 Å². The quantitative estimate of drug-likeness (QED) is 0.815. The van der Waals surface area contributed by atoms with E-state index < -0.39 is 0 Å². The van der Waals surface area contributed by atoms with Gasteiger partial charge in [-0.25, -0.2) is 0 Å². The fraction of sp³-hybridized carbons (Fsp3) is 0.0769. The monoisotopic (exact) mass is 248 g/mol. The molecule has 0 aliphatic heterocycles. The van der Waals surface area contributed by atoms with E-state index in [1.807, 2.05) is 42.5 Å². The number of hydrogen-bond donors (Lipinski definition) is 2. The van der Waals surface area contributed by atoms with Crippen molar-refractivity contribution in [3.05, 3.63) is 47.5 Å². The summed E-state index contributed by atoms with van der Waals surface area (Å²) in [6.45, 7) is 0.